The SMILES string of the molecule is COc1ccc2c(c1)CCC1C2CC[C@@]2(C)C1CC[C@@H]2[C@H](C)O. The number of fused-ring (bicyclic) bond motifs is 5. The summed E-state index contributed by atoms with van der Waals surface area (Å²) in [6.45, 7) is 4.48. The highest BCUT2D eigenvalue weighted by Gasteiger charge is 2.55. The number of hydrogen-bond donors (Lipinski definition) is 1. The van der Waals surface area contributed by atoms with E-state index in [9.17, 15) is 5.11 Å². The average molecular weight is 314 g/mol. The summed E-state index contributed by atoms with van der Waals surface area (Å²) in [7, 11) is 1.76. The Kier molecular flexibility index (Phi) is 3.72. The molecule has 3 aliphatic rings. The molecular formula is C21H30O2. The van der Waals surface area contributed by atoms with Crippen LogP contribution in [0.5, 0.6) is 5.75 Å². The second kappa shape index (κ2) is 5.51. The molecule has 0 bridgehead atoms. The molecule has 2 fully saturated rings. The van der Waals surface area contributed by atoms with E-state index in [0.29, 0.717) is 11.3 Å². The molecule has 6 atom stereocenters. The van der Waals surface area contributed by atoms with Gasteiger partial charge in [0.05, 0.1) is 13.2 Å². The maximum absolute atomic E-state index is 10.3. The van der Waals surface area contributed by atoms with E-state index >= 15 is 0 Å². The van der Waals surface area contributed by atoms with Gasteiger partial charge in [-0.05, 0) is 97.8 Å². The van der Waals surface area contributed by atoms with Crippen LogP contribution in [-0.2, 0) is 6.42 Å². The molecule has 2 nitrogen and oxygen atoms in total. The Hall–Kier alpha value is -1.02. The Morgan fingerprint density at radius 3 is 2.78 bits per heavy atom. The van der Waals surface area contributed by atoms with Crippen LogP contribution in [0.15, 0.2) is 18.2 Å². The third-order valence-corrected chi connectivity index (χ3v) is 7.59. The Morgan fingerprint density at radius 2 is 2.04 bits per heavy atom. The van der Waals surface area contributed by atoms with E-state index < -0.39 is 0 Å². The number of benzene rings is 1. The molecule has 1 aromatic carbocycles. The molecule has 1 N–H and O–H groups in total. The van der Waals surface area contributed by atoms with Crippen LogP contribution in [0.2, 0.25) is 0 Å². The van der Waals surface area contributed by atoms with Crippen molar-refractivity contribution in [3.05, 3.63) is 29.3 Å². The molecule has 4 rings (SSSR count). The first-order valence-corrected chi connectivity index (χ1v) is 9.39. The van der Waals surface area contributed by atoms with Gasteiger partial charge in [-0.1, -0.05) is 13.0 Å². The molecule has 0 saturated heterocycles. The Bertz CT molecular complexity index is 594. The summed E-state index contributed by atoms with van der Waals surface area (Å²) in [5.74, 6) is 3.86. The van der Waals surface area contributed by atoms with Crippen molar-refractivity contribution >= 4 is 0 Å². The smallest absolute Gasteiger partial charge is 0.119 e. The normalized spacial score (nSPS) is 40.0. The summed E-state index contributed by atoms with van der Waals surface area (Å²) >= 11 is 0. The molecule has 0 aromatic heterocycles. The minimum atomic E-state index is -0.151. The molecule has 0 radical (unpaired) electrons. The first kappa shape index (κ1) is 15.5. The fourth-order valence-electron chi connectivity index (χ4n) is 6.52. The van der Waals surface area contributed by atoms with Gasteiger partial charge in [0.2, 0.25) is 0 Å². The minimum Gasteiger partial charge on any atom is -0.497 e. The van der Waals surface area contributed by atoms with Crippen LogP contribution in [0.25, 0.3) is 0 Å². The standard InChI is InChI=1S/C21H30O2/c1-13(22)19-8-9-20-18-6-4-14-12-15(23-3)5-7-16(14)17(18)10-11-21(19,20)2/h5,7,12-13,17-20,22H,4,6,8-11H2,1-3H3/t13-,17?,18?,19+,20?,21+/m0/s1. The Morgan fingerprint density at radius 1 is 1.22 bits per heavy atom. The number of rotatable bonds is 2. The summed E-state index contributed by atoms with van der Waals surface area (Å²) in [5.41, 5.74) is 3.46. The minimum absolute atomic E-state index is 0.151. The lowest BCUT2D eigenvalue weighted by Gasteiger charge is -2.51. The zero-order valence-corrected chi connectivity index (χ0v) is 14.7. The van der Waals surface area contributed by atoms with E-state index in [1.807, 2.05) is 6.92 Å². The molecule has 3 aliphatic carbocycles. The predicted molar refractivity (Wildman–Crippen MR) is 92.8 cm³/mol. The zero-order chi connectivity index (χ0) is 16.2. The molecule has 1 aromatic rings. The monoisotopic (exact) mass is 314 g/mol. The molecule has 0 heterocycles. The van der Waals surface area contributed by atoms with Gasteiger partial charge < -0.3 is 9.84 Å². The second-order valence-electron chi connectivity index (χ2n) is 8.45. The highest BCUT2D eigenvalue weighted by atomic mass is 16.5. The van der Waals surface area contributed by atoms with Gasteiger partial charge in [0.25, 0.3) is 0 Å². The molecule has 2 saturated carbocycles. The van der Waals surface area contributed by atoms with E-state index in [0.717, 1.165) is 23.5 Å². The van der Waals surface area contributed by atoms with Gasteiger partial charge in [-0.15, -0.1) is 0 Å². The summed E-state index contributed by atoms with van der Waals surface area (Å²) in [4.78, 5) is 0. The van der Waals surface area contributed by atoms with Crippen molar-refractivity contribution in [1.29, 1.82) is 0 Å². The predicted octanol–water partition coefficient (Wildman–Crippen LogP) is 4.55. The molecule has 126 valence electrons. The molecule has 0 aliphatic heterocycles. The van der Waals surface area contributed by atoms with E-state index in [2.05, 4.69) is 25.1 Å². The Balaban J connectivity index is 1.65. The van der Waals surface area contributed by atoms with Crippen molar-refractivity contribution in [1.82, 2.24) is 0 Å². The largest absolute Gasteiger partial charge is 0.497 e. The maximum atomic E-state index is 10.3. The van der Waals surface area contributed by atoms with Gasteiger partial charge in [-0.25, -0.2) is 0 Å². The van der Waals surface area contributed by atoms with E-state index in [1.165, 1.54) is 44.1 Å². The van der Waals surface area contributed by atoms with Crippen LogP contribution < -0.4 is 4.74 Å². The summed E-state index contributed by atoms with van der Waals surface area (Å²) < 4.78 is 5.41. The molecular weight excluding hydrogens is 284 g/mol. The fraction of sp³-hybridized carbons (Fsp3) is 0.714. The van der Waals surface area contributed by atoms with Gasteiger partial charge in [0.15, 0.2) is 0 Å². The lowest BCUT2D eigenvalue weighted by atomic mass is 9.54. The average Bonchev–Trinajstić information content (AvgIpc) is 2.91. The van der Waals surface area contributed by atoms with E-state index in [-0.39, 0.29) is 6.10 Å². The van der Waals surface area contributed by atoms with Crippen LogP contribution in [0.4, 0.5) is 0 Å². The third-order valence-electron chi connectivity index (χ3n) is 7.59. The van der Waals surface area contributed by atoms with Gasteiger partial charge in [0, 0.05) is 0 Å². The lowest BCUT2D eigenvalue weighted by Crippen LogP contribution is -2.44. The van der Waals surface area contributed by atoms with Crippen LogP contribution in [0, 0.1) is 23.2 Å². The van der Waals surface area contributed by atoms with Crippen LogP contribution in [-0.4, -0.2) is 18.3 Å². The summed E-state index contributed by atoms with van der Waals surface area (Å²) in [6.07, 6.45) is 7.47. The number of methoxy groups -OCH3 is 1. The van der Waals surface area contributed by atoms with Crippen LogP contribution in [0.1, 0.15) is 63.0 Å². The highest BCUT2D eigenvalue weighted by molar-refractivity contribution is 5.40. The first-order valence-electron chi connectivity index (χ1n) is 9.39. The fourth-order valence-corrected chi connectivity index (χ4v) is 6.52. The van der Waals surface area contributed by atoms with Crippen molar-refractivity contribution in [3.8, 4) is 5.75 Å². The zero-order valence-electron chi connectivity index (χ0n) is 14.7. The van der Waals surface area contributed by atoms with Crippen molar-refractivity contribution in [3.63, 3.8) is 0 Å². The van der Waals surface area contributed by atoms with Gasteiger partial charge in [-0.2, -0.15) is 0 Å². The van der Waals surface area contributed by atoms with Gasteiger partial charge >= 0.3 is 0 Å². The summed E-state index contributed by atoms with van der Waals surface area (Å²) in [6, 6.07) is 6.73. The molecule has 3 unspecified atom stereocenters. The van der Waals surface area contributed by atoms with E-state index in [1.54, 1.807) is 12.7 Å². The van der Waals surface area contributed by atoms with Crippen LogP contribution >= 0.6 is 0 Å². The van der Waals surface area contributed by atoms with Gasteiger partial charge in [-0.3, -0.25) is 0 Å². The molecule has 0 amide bonds. The third kappa shape index (κ3) is 2.25. The van der Waals surface area contributed by atoms with Crippen LogP contribution in [0.3, 0.4) is 0 Å². The number of ether oxygens (including phenoxy) is 1. The first-order chi connectivity index (χ1) is 11.0. The molecule has 23 heavy (non-hydrogen) atoms. The van der Waals surface area contributed by atoms with E-state index in [4.69, 9.17) is 4.74 Å². The quantitative estimate of drug-likeness (QED) is 0.868. The van der Waals surface area contributed by atoms with Crippen molar-refractivity contribution in [2.75, 3.05) is 7.11 Å². The number of hydrogen-bond acceptors (Lipinski definition) is 2. The van der Waals surface area contributed by atoms with Crippen molar-refractivity contribution < 1.29 is 9.84 Å². The lowest BCUT2D eigenvalue weighted by molar-refractivity contribution is -0.0180. The van der Waals surface area contributed by atoms with Gasteiger partial charge in [0.1, 0.15) is 5.75 Å². The number of aliphatic hydroxyl groups is 1. The number of aryl methyl sites for hydroxylation is 1. The molecule has 2 heteroatoms. The molecule has 0 spiro atoms. The number of aliphatic hydroxyl groups excluding tert-OH is 1. The van der Waals surface area contributed by atoms with Crippen molar-refractivity contribution in [2.24, 2.45) is 23.2 Å². The topological polar surface area (TPSA) is 29.5 Å². The second-order valence-corrected chi connectivity index (χ2v) is 8.45. The maximum Gasteiger partial charge on any atom is 0.119 e. The highest BCUT2D eigenvalue weighted by Crippen LogP contribution is 2.63. The summed E-state index contributed by atoms with van der Waals surface area (Å²) in [5, 5.41) is 10.3. The van der Waals surface area contributed by atoms with Crippen molar-refractivity contribution in [2.45, 2.75) is 64.4 Å². The Labute approximate surface area is 140 Å².